The van der Waals surface area contributed by atoms with Crippen LogP contribution in [0.4, 0.5) is 5.82 Å². The molecule has 0 spiro atoms. The van der Waals surface area contributed by atoms with E-state index >= 15 is 0 Å². The molecule has 0 bridgehead atoms. The van der Waals surface area contributed by atoms with E-state index in [4.69, 9.17) is 29.7 Å². The van der Waals surface area contributed by atoms with Gasteiger partial charge >= 0.3 is 35.4 Å². The van der Waals surface area contributed by atoms with Crippen LogP contribution in [0.3, 0.4) is 0 Å². The average molecular weight is 605 g/mol. The molecular weight excluding hydrogens is 583 g/mol. The maximum absolute atomic E-state index is 12.2. The van der Waals surface area contributed by atoms with Crippen molar-refractivity contribution in [3.05, 3.63) is 12.7 Å². The molecule has 1 fully saturated rings. The lowest BCUT2D eigenvalue weighted by Gasteiger charge is -2.24. The van der Waals surface area contributed by atoms with Gasteiger partial charge in [0.15, 0.2) is 23.8 Å². The zero-order valence-electron chi connectivity index (χ0n) is 19.4. The molecule has 0 aliphatic carbocycles. The summed E-state index contributed by atoms with van der Waals surface area (Å²) >= 11 is 0. The Morgan fingerprint density at radius 3 is 2.32 bits per heavy atom. The number of phosphoric acid groups is 3. The van der Waals surface area contributed by atoms with Crippen molar-refractivity contribution < 1.29 is 70.2 Å². The van der Waals surface area contributed by atoms with Crippen LogP contribution in [0.5, 0.6) is 0 Å². The van der Waals surface area contributed by atoms with Gasteiger partial charge in [0, 0.05) is 13.8 Å². The van der Waals surface area contributed by atoms with Gasteiger partial charge in [0.25, 0.3) is 0 Å². The van der Waals surface area contributed by atoms with Gasteiger partial charge in [0.05, 0.1) is 25.0 Å². The second kappa shape index (κ2) is 11.4. The summed E-state index contributed by atoms with van der Waals surface area (Å²) < 4.78 is 64.2. The van der Waals surface area contributed by atoms with Crippen molar-refractivity contribution in [3.8, 4) is 0 Å². The van der Waals surface area contributed by atoms with Crippen LogP contribution in [0.25, 0.3) is 11.2 Å². The van der Waals surface area contributed by atoms with Crippen molar-refractivity contribution in [3.63, 3.8) is 0 Å². The standard InChI is InChI=1S/C15H22N5O15P3/c1-7(21)30-3-9-10(4-31-37(26,27)35-38(28,29)34-36(23,24)25)33-15(12(9)32-8(2)22)20-6-19-11-13(16)17-5-18-14(11)20/h5-6,9-10,12,15H,3-4H2,1-2H3,(H,26,27)(H,28,29)(H2,16,17,18)(H2,23,24,25)/t9-,10-,12-,15-/m1/s1. The van der Waals surface area contributed by atoms with Gasteiger partial charge in [-0.15, -0.1) is 0 Å². The van der Waals surface area contributed by atoms with Crippen LogP contribution >= 0.6 is 23.5 Å². The van der Waals surface area contributed by atoms with Crippen LogP contribution in [0.15, 0.2) is 12.7 Å². The van der Waals surface area contributed by atoms with E-state index in [-0.39, 0.29) is 17.0 Å². The normalized spacial score (nSPS) is 25.0. The number of phosphoric ester groups is 1. The molecule has 2 unspecified atom stereocenters. The monoisotopic (exact) mass is 605 g/mol. The Morgan fingerprint density at radius 1 is 1.03 bits per heavy atom. The minimum atomic E-state index is -5.77. The molecule has 2 aromatic rings. The molecule has 23 heteroatoms. The number of aromatic nitrogens is 4. The molecule has 0 saturated carbocycles. The van der Waals surface area contributed by atoms with Gasteiger partial charge in [-0.3, -0.25) is 18.7 Å². The highest BCUT2D eigenvalue weighted by molar-refractivity contribution is 7.66. The molecule has 2 aromatic heterocycles. The van der Waals surface area contributed by atoms with E-state index in [1.54, 1.807) is 0 Å². The Morgan fingerprint density at radius 2 is 1.71 bits per heavy atom. The van der Waals surface area contributed by atoms with Crippen molar-refractivity contribution in [2.45, 2.75) is 32.3 Å². The van der Waals surface area contributed by atoms with E-state index in [1.807, 2.05) is 0 Å². The number of carbonyl (C=O) groups excluding carboxylic acids is 2. The van der Waals surface area contributed by atoms with Gasteiger partial charge in [0.1, 0.15) is 18.5 Å². The lowest BCUT2D eigenvalue weighted by Crippen LogP contribution is -2.36. The molecule has 6 atom stereocenters. The number of nitrogens with zero attached hydrogens (tertiary/aromatic N) is 4. The van der Waals surface area contributed by atoms with E-state index < -0.39 is 73.0 Å². The summed E-state index contributed by atoms with van der Waals surface area (Å²) in [6.07, 6.45) is -1.40. The first-order valence-electron chi connectivity index (χ1n) is 10.2. The zero-order chi connectivity index (χ0) is 28.5. The quantitative estimate of drug-likeness (QED) is 0.163. The van der Waals surface area contributed by atoms with Crippen molar-refractivity contribution in [1.29, 1.82) is 0 Å². The zero-order valence-corrected chi connectivity index (χ0v) is 22.0. The topological polar surface area (TPSA) is 291 Å². The minimum Gasteiger partial charge on any atom is -0.465 e. The molecule has 0 amide bonds. The summed E-state index contributed by atoms with van der Waals surface area (Å²) in [5, 5.41) is 0. The number of fused-ring (bicyclic) bond motifs is 1. The smallest absolute Gasteiger partial charge is 0.465 e. The first-order chi connectivity index (χ1) is 17.5. The maximum Gasteiger partial charge on any atom is 0.490 e. The number of esters is 2. The minimum absolute atomic E-state index is 0.0245. The van der Waals surface area contributed by atoms with Crippen LogP contribution in [-0.4, -0.2) is 76.5 Å². The van der Waals surface area contributed by atoms with Gasteiger partial charge in [-0.25, -0.2) is 28.6 Å². The first kappa shape index (κ1) is 30.2. The lowest BCUT2D eigenvalue weighted by atomic mass is 9.99. The van der Waals surface area contributed by atoms with Gasteiger partial charge in [-0.05, 0) is 0 Å². The fourth-order valence-electron chi connectivity index (χ4n) is 3.45. The molecule has 1 aliphatic heterocycles. The van der Waals surface area contributed by atoms with E-state index in [1.165, 1.54) is 10.9 Å². The van der Waals surface area contributed by atoms with Crippen LogP contribution in [0.2, 0.25) is 0 Å². The van der Waals surface area contributed by atoms with E-state index in [0.29, 0.717) is 0 Å². The summed E-state index contributed by atoms with van der Waals surface area (Å²) in [6, 6.07) is 0. The maximum atomic E-state index is 12.2. The Hall–Kier alpha value is -2.34. The summed E-state index contributed by atoms with van der Waals surface area (Å²) in [5.41, 5.74) is 6.12. The van der Waals surface area contributed by atoms with E-state index in [0.717, 1.165) is 20.2 Å². The summed E-state index contributed by atoms with van der Waals surface area (Å²) in [7, 11) is -16.9. The van der Waals surface area contributed by atoms with Crippen molar-refractivity contribution >= 4 is 52.4 Å². The molecule has 0 radical (unpaired) electrons. The van der Waals surface area contributed by atoms with Crippen molar-refractivity contribution in [2.24, 2.45) is 5.92 Å². The van der Waals surface area contributed by atoms with Gasteiger partial charge < -0.3 is 39.5 Å². The Kier molecular flexibility index (Phi) is 9.07. The van der Waals surface area contributed by atoms with Gasteiger partial charge in [-0.2, -0.15) is 8.62 Å². The molecule has 6 N–H and O–H groups in total. The molecule has 38 heavy (non-hydrogen) atoms. The van der Waals surface area contributed by atoms with Gasteiger partial charge in [-0.1, -0.05) is 0 Å². The Balaban J connectivity index is 1.89. The number of rotatable bonds is 11. The Labute approximate surface area is 212 Å². The fraction of sp³-hybridized carbons (Fsp3) is 0.533. The summed E-state index contributed by atoms with van der Waals surface area (Å²) in [5.74, 6) is -2.54. The van der Waals surface area contributed by atoms with Crippen LogP contribution in [0, 0.1) is 5.92 Å². The number of hydrogen-bond acceptors (Lipinski definition) is 15. The number of nitrogens with two attached hydrogens (primary N) is 1. The average Bonchev–Trinajstić information content (AvgIpc) is 3.30. The third kappa shape index (κ3) is 7.84. The molecule has 212 valence electrons. The summed E-state index contributed by atoms with van der Waals surface area (Å²) in [6.45, 7) is 0.829. The second-order valence-electron chi connectivity index (χ2n) is 7.58. The molecule has 0 aromatic carbocycles. The molecule has 1 saturated heterocycles. The third-order valence-corrected chi connectivity index (χ3v) is 8.56. The SMILES string of the molecule is CC(=O)OC[C@H]1[C@@H](OC(C)=O)[C@H](n2cnc3c(N)ncnc32)O[C@@H]1COP(=O)(O)OP(=O)(O)OP(=O)(O)O. The number of imidazole rings is 1. The van der Waals surface area contributed by atoms with Crippen LogP contribution in [0.1, 0.15) is 20.1 Å². The highest BCUT2D eigenvalue weighted by Crippen LogP contribution is 2.66. The molecule has 1 aliphatic rings. The second-order valence-corrected chi connectivity index (χ2v) is 12.0. The molecule has 3 heterocycles. The predicted octanol–water partition coefficient (Wildman–Crippen LogP) is -0.240. The lowest BCUT2D eigenvalue weighted by molar-refractivity contribution is -0.155. The largest absolute Gasteiger partial charge is 0.490 e. The van der Waals surface area contributed by atoms with E-state index in [2.05, 4.69) is 28.1 Å². The number of anilines is 1. The highest BCUT2D eigenvalue weighted by Gasteiger charge is 2.50. The number of ether oxygens (including phenoxy) is 3. The number of carbonyl (C=O) groups is 2. The van der Waals surface area contributed by atoms with Crippen molar-refractivity contribution in [1.82, 2.24) is 19.5 Å². The van der Waals surface area contributed by atoms with E-state index in [9.17, 15) is 33.1 Å². The Bertz CT molecular complexity index is 1350. The fourth-order valence-corrected chi connectivity index (χ4v) is 6.48. The molecule has 20 nitrogen and oxygen atoms in total. The molecular formula is C15H22N5O15P3. The predicted molar refractivity (Wildman–Crippen MR) is 119 cm³/mol. The highest BCUT2D eigenvalue weighted by atomic mass is 31.3. The van der Waals surface area contributed by atoms with Crippen LogP contribution in [-0.2, 0) is 50.6 Å². The van der Waals surface area contributed by atoms with Gasteiger partial charge in [0.2, 0.25) is 0 Å². The van der Waals surface area contributed by atoms with Crippen molar-refractivity contribution in [2.75, 3.05) is 18.9 Å². The van der Waals surface area contributed by atoms with Crippen LogP contribution < -0.4 is 5.73 Å². The number of hydrogen-bond donors (Lipinski definition) is 5. The third-order valence-electron chi connectivity index (χ3n) is 4.75. The summed E-state index contributed by atoms with van der Waals surface area (Å²) in [4.78, 5) is 71.7. The number of nitrogen functional groups attached to an aromatic ring is 1. The molecule has 3 rings (SSSR count). The first-order valence-corrected chi connectivity index (χ1v) is 14.7.